The van der Waals surface area contributed by atoms with Gasteiger partial charge in [-0.1, -0.05) is 18.2 Å². The largest absolute Gasteiger partial charge is 0.481 e. The Morgan fingerprint density at radius 3 is 2.38 bits per heavy atom. The van der Waals surface area contributed by atoms with Gasteiger partial charge in [0.2, 0.25) is 5.88 Å². The van der Waals surface area contributed by atoms with Crippen molar-refractivity contribution in [2.45, 2.75) is 0 Å². The van der Waals surface area contributed by atoms with Gasteiger partial charge in [0.1, 0.15) is 5.82 Å². The van der Waals surface area contributed by atoms with Crippen molar-refractivity contribution in [3.63, 3.8) is 0 Å². The molecule has 104 valence electrons. The van der Waals surface area contributed by atoms with E-state index in [1.165, 1.54) is 12.1 Å². The maximum atomic E-state index is 13.0. The predicted molar refractivity (Wildman–Crippen MR) is 79.4 cm³/mol. The second-order valence-corrected chi connectivity index (χ2v) is 4.48. The number of benzene rings is 1. The number of hydrogen-bond donors (Lipinski definition) is 0. The second kappa shape index (κ2) is 5.71. The topological polar surface area (TPSA) is 35.0 Å². The summed E-state index contributed by atoms with van der Waals surface area (Å²) in [6, 6.07) is 15.7. The van der Waals surface area contributed by atoms with E-state index in [0.717, 1.165) is 22.5 Å². The molecule has 0 spiro atoms. The molecule has 21 heavy (non-hydrogen) atoms. The smallest absolute Gasteiger partial charge is 0.221 e. The Morgan fingerprint density at radius 2 is 1.71 bits per heavy atom. The molecule has 3 rings (SSSR count). The van der Waals surface area contributed by atoms with Gasteiger partial charge in [-0.15, -0.1) is 0 Å². The SMILES string of the molecule is COc1nc(-c2ccccn2)ccc1-c1ccc(F)cc1. The molecule has 0 fully saturated rings. The van der Waals surface area contributed by atoms with E-state index in [0.29, 0.717) is 5.88 Å². The standard InChI is InChI=1S/C17H13FN2O/c1-21-17-14(12-5-7-13(18)8-6-12)9-10-16(20-17)15-4-2-3-11-19-15/h2-11H,1H3. The second-order valence-electron chi connectivity index (χ2n) is 4.48. The van der Waals surface area contributed by atoms with Gasteiger partial charge in [-0.05, 0) is 42.0 Å². The number of aromatic nitrogens is 2. The van der Waals surface area contributed by atoms with Crippen molar-refractivity contribution in [2.24, 2.45) is 0 Å². The number of hydrogen-bond acceptors (Lipinski definition) is 3. The summed E-state index contributed by atoms with van der Waals surface area (Å²) in [7, 11) is 1.57. The van der Waals surface area contributed by atoms with Crippen LogP contribution < -0.4 is 4.74 Å². The zero-order chi connectivity index (χ0) is 14.7. The lowest BCUT2D eigenvalue weighted by atomic mass is 10.1. The maximum absolute atomic E-state index is 13.0. The van der Waals surface area contributed by atoms with Crippen LogP contribution in [0.15, 0.2) is 60.8 Å². The van der Waals surface area contributed by atoms with Crippen LogP contribution in [0.5, 0.6) is 5.88 Å². The van der Waals surface area contributed by atoms with Crippen molar-refractivity contribution in [3.05, 3.63) is 66.6 Å². The van der Waals surface area contributed by atoms with Gasteiger partial charge in [-0.3, -0.25) is 4.98 Å². The Hall–Kier alpha value is -2.75. The molecule has 0 N–H and O–H groups in total. The lowest BCUT2D eigenvalue weighted by molar-refractivity contribution is 0.400. The summed E-state index contributed by atoms with van der Waals surface area (Å²) in [6.07, 6.45) is 1.72. The minimum atomic E-state index is -0.268. The number of ether oxygens (including phenoxy) is 1. The van der Waals surface area contributed by atoms with E-state index in [-0.39, 0.29) is 5.82 Å². The van der Waals surface area contributed by atoms with E-state index in [4.69, 9.17) is 4.74 Å². The van der Waals surface area contributed by atoms with Crippen LogP contribution in [0, 0.1) is 5.82 Å². The Balaban J connectivity index is 2.06. The molecular formula is C17H13FN2O. The quantitative estimate of drug-likeness (QED) is 0.728. The van der Waals surface area contributed by atoms with Gasteiger partial charge < -0.3 is 4.74 Å². The summed E-state index contributed by atoms with van der Waals surface area (Å²) < 4.78 is 18.4. The molecule has 0 aliphatic heterocycles. The molecule has 0 saturated carbocycles. The van der Waals surface area contributed by atoms with Gasteiger partial charge in [0.15, 0.2) is 0 Å². The molecule has 2 aromatic heterocycles. The fourth-order valence-corrected chi connectivity index (χ4v) is 2.10. The third kappa shape index (κ3) is 2.74. The zero-order valence-corrected chi connectivity index (χ0v) is 11.5. The molecule has 0 unspecified atom stereocenters. The average molecular weight is 280 g/mol. The number of nitrogens with zero attached hydrogens (tertiary/aromatic N) is 2. The van der Waals surface area contributed by atoms with Crippen LogP contribution >= 0.6 is 0 Å². The molecule has 0 radical (unpaired) electrons. The molecule has 3 aromatic rings. The zero-order valence-electron chi connectivity index (χ0n) is 11.5. The predicted octanol–water partition coefficient (Wildman–Crippen LogP) is 3.96. The van der Waals surface area contributed by atoms with Crippen LogP contribution in [0.3, 0.4) is 0 Å². The molecule has 0 amide bonds. The molecule has 0 saturated heterocycles. The van der Waals surface area contributed by atoms with Gasteiger partial charge in [-0.25, -0.2) is 9.37 Å². The lowest BCUT2D eigenvalue weighted by Gasteiger charge is -2.09. The van der Waals surface area contributed by atoms with Crippen molar-refractivity contribution >= 4 is 0 Å². The number of methoxy groups -OCH3 is 1. The summed E-state index contributed by atoms with van der Waals surface area (Å²) in [5.74, 6) is 0.223. The van der Waals surface area contributed by atoms with Gasteiger partial charge in [0.05, 0.1) is 18.5 Å². The van der Waals surface area contributed by atoms with Crippen LogP contribution in [0.2, 0.25) is 0 Å². The highest BCUT2D eigenvalue weighted by atomic mass is 19.1. The summed E-state index contributed by atoms with van der Waals surface area (Å²) in [6.45, 7) is 0. The monoisotopic (exact) mass is 280 g/mol. The van der Waals surface area contributed by atoms with Crippen LogP contribution in [0.1, 0.15) is 0 Å². The summed E-state index contributed by atoms with van der Waals surface area (Å²) in [4.78, 5) is 8.75. The first kappa shape index (κ1) is 13.2. The molecule has 2 heterocycles. The van der Waals surface area contributed by atoms with Crippen molar-refractivity contribution in [2.75, 3.05) is 7.11 Å². The highest BCUT2D eigenvalue weighted by Crippen LogP contribution is 2.30. The summed E-state index contributed by atoms with van der Waals surface area (Å²) in [5.41, 5.74) is 3.19. The fraction of sp³-hybridized carbons (Fsp3) is 0.0588. The third-order valence-corrected chi connectivity index (χ3v) is 3.14. The molecular weight excluding hydrogens is 267 g/mol. The van der Waals surface area contributed by atoms with E-state index < -0.39 is 0 Å². The lowest BCUT2D eigenvalue weighted by Crippen LogP contribution is -1.95. The number of rotatable bonds is 3. The molecule has 0 aliphatic rings. The Labute approximate surface area is 122 Å². The highest BCUT2D eigenvalue weighted by Gasteiger charge is 2.10. The van der Waals surface area contributed by atoms with Gasteiger partial charge in [0.25, 0.3) is 0 Å². The third-order valence-electron chi connectivity index (χ3n) is 3.14. The number of halogens is 1. The fourth-order valence-electron chi connectivity index (χ4n) is 2.10. The summed E-state index contributed by atoms with van der Waals surface area (Å²) in [5, 5.41) is 0. The molecule has 0 bridgehead atoms. The minimum Gasteiger partial charge on any atom is -0.481 e. The van der Waals surface area contributed by atoms with Gasteiger partial charge in [0, 0.05) is 11.8 Å². The van der Waals surface area contributed by atoms with Crippen molar-refractivity contribution in [1.82, 2.24) is 9.97 Å². The van der Waals surface area contributed by atoms with E-state index in [1.54, 1.807) is 25.4 Å². The van der Waals surface area contributed by atoms with E-state index in [2.05, 4.69) is 9.97 Å². The van der Waals surface area contributed by atoms with E-state index in [9.17, 15) is 4.39 Å². The summed E-state index contributed by atoms with van der Waals surface area (Å²) >= 11 is 0. The molecule has 0 aliphatic carbocycles. The number of pyridine rings is 2. The first-order valence-corrected chi connectivity index (χ1v) is 6.50. The highest BCUT2D eigenvalue weighted by molar-refractivity contribution is 5.71. The molecule has 3 nitrogen and oxygen atoms in total. The van der Waals surface area contributed by atoms with Crippen molar-refractivity contribution in [3.8, 4) is 28.4 Å². The average Bonchev–Trinajstić information content (AvgIpc) is 2.56. The van der Waals surface area contributed by atoms with Crippen molar-refractivity contribution in [1.29, 1.82) is 0 Å². The maximum Gasteiger partial charge on any atom is 0.221 e. The first-order chi connectivity index (χ1) is 10.3. The van der Waals surface area contributed by atoms with E-state index in [1.807, 2.05) is 30.3 Å². The molecule has 1 aromatic carbocycles. The molecule has 0 atom stereocenters. The van der Waals surface area contributed by atoms with E-state index >= 15 is 0 Å². The molecule has 4 heteroatoms. The Kier molecular flexibility index (Phi) is 3.60. The van der Waals surface area contributed by atoms with Crippen LogP contribution in [0.4, 0.5) is 4.39 Å². The van der Waals surface area contributed by atoms with Crippen LogP contribution in [0.25, 0.3) is 22.5 Å². The van der Waals surface area contributed by atoms with Gasteiger partial charge >= 0.3 is 0 Å². The Bertz CT molecular complexity index is 742. The first-order valence-electron chi connectivity index (χ1n) is 6.50. The normalized spacial score (nSPS) is 10.4. The van der Waals surface area contributed by atoms with Crippen LogP contribution in [-0.2, 0) is 0 Å². The van der Waals surface area contributed by atoms with Crippen LogP contribution in [-0.4, -0.2) is 17.1 Å². The van der Waals surface area contributed by atoms with Crippen molar-refractivity contribution < 1.29 is 9.13 Å². The minimum absolute atomic E-state index is 0.268. The Morgan fingerprint density at radius 1 is 0.905 bits per heavy atom. The van der Waals surface area contributed by atoms with Gasteiger partial charge in [-0.2, -0.15) is 0 Å².